The number of hydrogen-bond acceptors (Lipinski definition) is 5. The second-order valence-electron chi connectivity index (χ2n) is 6.65. The Morgan fingerprint density at radius 1 is 1.44 bits per heavy atom. The van der Waals surface area contributed by atoms with Crippen molar-refractivity contribution in [3.63, 3.8) is 0 Å². The summed E-state index contributed by atoms with van der Waals surface area (Å²) in [4.78, 5) is 24.7. The van der Waals surface area contributed by atoms with Crippen LogP contribution in [-0.2, 0) is 4.79 Å². The number of anilines is 1. The molecule has 6 nitrogen and oxygen atoms in total. The highest BCUT2D eigenvalue weighted by atomic mass is 32.1. The summed E-state index contributed by atoms with van der Waals surface area (Å²) >= 11 is 1.24. The minimum Gasteiger partial charge on any atom is -0.380 e. The Balaban J connectivity index is 1.51. The standard InChI is InChI=1S/C17H15F3N4O2S/c1-8-12(11-7-22-13-10(11)3-2-4-21-13)23-15(27-8)24-14(25)9-5-16(26,6-9)17(18,19)20/h2-4,7,9,26H,5-6H2,1H3,(H,21,22)(H,23,24,25). The molecule has 0 aromatic carbocycles. The van der Waals surface area contributed by atoms with Gasteiger partial charge in [-0.15, -0.1) is 11.3 Å². The van der Waals surface area contributed by atoms with Gasteiger partial charge in [0.2, 0.25) is 5.91 Å². The minimum atomic E-state index is -4.72. The molecule has 142 valence electrons. The quantitative estimate of drug-likeness (QED) is 0.631. The van der Waals surface area contributed by atoms with E-state index in [1.54, 1.807) is 12.4 Å². The molecule has 0 bridgehead atoms. The average molecular weight is 396 g/mol. The van der Waals surface area contributed by atoms with Crippen LogP contribution in [0.15, 0.2) is 24.5 Å². The lowest BCUT2D eigenvalue weighted by atomic mass is 9.70. The molecule has 3 aromatic rings. The van der Waals surface area contributed by atoms with Crippen molar-refractivity contribution in [3.05, 3.63) is 29.4 Å². The highest BCUT2D eigenvalue weighted by Crippen LogP contribution is 2.49. The maximum Gasteiger partial charge on any atom is 0.417 e. The largest absolute Gasteiger partial charge is 0.417 e. The second kappa shape index (κ2) is 6.03. The van der Waals surface area contributed by atoms with Crippen LogP contribution in [0.3, 0.4) is 0 Å². The Hall–Kier alpha value is -2.46. The number of fused-ring (bicyclic) bond motifs is 1. The third-order valence-corrected chi connectivity index (χ3v) is 5.69. The fourth-order valence-corrected chi connectivity index (χ4v) is 4.06. The molecule has 0 spiro atoms. The number of hydrogen-bond donors (Lipinski definition) is 3. The van der Waals surface area contributed by atoms with Gasteiger partial charge in [-0.1, -0.05) is 0 Å². The molecule has 10 heteroatoms. The van der Waals surface area contributed by atoms with Crippen molar-refractivity contribution in [3.8, 4) is 11.3 Å². The Morgan fingerprint density at radius 3 is 2.89 bits per heavy atom. The lowest BCUT2D eigenvalue weighted by Crippen LogP contribution is -2.57. The zero-order valence-electron chi connectivity index (χ0n) is 14.1. The van der Waals surface area contributed by atoms with E-state index in [0.29, 0.717) is 16.5 Å². The molecule has 3 heterocycles. The van der Waals surface area contributed by atoms with Crippen LogP contribution in [-0.4, -0.2) is 37.7 Å². The number of alkyl halides is 3. The molecule has 1 aliphatic carbocycles. The molecule has 1 saturated carbocycles. The van der Waals surface area contributed by atoms with Gasteiger partial charge in [0.15, 0.2) is 10.7 Å². The molecule has 4 rings (SSSR count). The molecule has 1 amide bonds. The number of nitrogens with one attached hydrogen (secondary N) is 2. The van der Waals surface area contributed by atoms with Crippen molar-refractivity contribution in [2.24, 2.45) is 5.92 Å². The Morgan fingerprint density at radius 2 is 2.19 bits per heavy atom. The molecule has 0 radical (unpaired) electrons. The SMILES string of the molecule is Cc1sc(NC(=O)C2CC(O)(C(F)(F)F)C2)nc1-c1c[nH]c2ncccc12. The number of amides is 1. The number of carbonyl (C=O) groups excluding carboxylic acids is 1. The summed E-state index contributed by atoms with van der Waals surface area (Å²) in [6.07, 6.45) is -2.54. The number of pyridine rings is 1. The molecule has 0 unspecified atom stereocenters. The molecule has 0 atom stereocenters. The summed E-state index contributed by atoms with van der Waals surface area (Å²) in [6, 6.07) is 3.71. The van der Waals surface area contributed by atoms with Gasteiger partial charge in [0.25, 0.3) is 0 Å². The number of aliphatic hydroxyl groups is 1. The molecule has 3 aromatic heterocycles. The van der Waals surface area contributed by atoms with Crippen molar-refractivity contribution in [2.45, 2.75) is 31.5 Å². The van der Waals surface area contributed by atoms with Crippen LogP contribution < -0.4 is 5.32 Å². The van der Waals surface area contributed by atoms with Crippen molar-refractivity contribution < 1.29 is 23.1 Å². The fraction of sp³-hybridized carbons (Fsp3) is 0.353. The smallest absolute Gasteiger partial charge is 0.380 e. The van der Waals surface area contributed by atoms with Gasteiger partial charge in [-0.2, -0.15) is 13.2 Å². The third-order valence-electron chi connectivity index (χ3n) is 4.80. The zero-order valence-corrected chi connectivity index (χ0v) is 14.9. The van der Waals surface area contributed by atoms with Gasteiger partial charge in [0.05, 0.1) is 5.69 Å². The van der Waals surface area contributed by atoms with Crippen molar-refractivity contribution in [1.82, 2.24) is 15.0 Å². The first-order valence-corrected chi connectivity index (χ1v) is 8.99. The van der Waals surface area contributed by atoms with Gasteiger partial charge in [0.1, 0.15) is 5.65 Å². The van der Waals surface area contributed by atoms with Gasteiger partial charge in [-0.25, -0.2) is 9.97 Å². The number of aryl methyl sites for hydroxylation is 1. The summed E-state index contributed by atoms with van der Waals surface area (Å²) in [5, 5.41) is 13.2. The Bertz CT molecular complexity index is 1020. The zero-order chi connectivity index (χ0) is 19.4. The van der Waals surface area contributed by atoms with E-state index in [0.717, 1.165) is 15.8 Å². The molecular weight excluding hydrogens is 381 g/mol. The summed E-state index contributed by atoms with van der Waals surface area (Å²) in [7, 11) is 0. The third kappa shape index (κ3) is 2.98. The topological polar surface area (TPSA) is 90.9 Å². The summed E-state index contributed by atoms with van der Waals surface area (Å²) in [5.41, 5.74) is -0.542. The van der Waals surface area contributed by atoms with Crippen LogP contribution in [0.2, 0.25) is 0 Å². The summed E-state index contributed by atoms with van der Waals surface area (Å²) in [5.74, 6) is -1.45. The first-order valence-electron chi connectivity index (χ1n) is 8.18. The van der Waals surface area contributed by atoms with Crippen LogP contribution in [0.4, 0.5) is 18.3 Å². The first-order chi connectivity index (χ1) is 12.7. The number of aromatic amines is 1. The van der Waals surface area contributed by atoms with E-state index in [9.17, 15) is 23.1 Å². The maximum atomic E-state index is 12.7. The van der Waals surface area contributed by atoms with E-state index in [1.807, 2.05) is 19.1 Å². The first kappa shape index (κ1) is 17.9. The van der Waals surface area contributed by atoms with Gasteiger partial charge >= 0.3 is 6.18 Å². The van der Waals surface area contributed by atoms with Gasteiger partial charge < -0.3 is 15.4 Å². The van der Waals surface area contributed by atoms with Crippen LogP contribution in [0.5, 0.6) is 0 Å². The fourth-order valence-electron chi connectivity index (χ4n) is 3.23. The van der Waals surface area contributed by atoms with E-state index in [4.69, 9.17) is 0 Å². The van der Waals surface area contributed by atoms with Crippen molar-refractivity contribution in [1.29, 1.82) is 0 Å². The Kier molecular flexibility index (Phi) is 4.00. The lowest BCUT2D eigenvalue weighted by molar-refractivity contribution is -0.295. The number of aromatic nitrogens is 3. The van der Waals surface area contributed by atoms with Crippen LogP contribution in [0.25, 0.3) is 22.3 Å². The summed E-state index contributed by atoms with van der Waals surface area (Å²) < 4.78 is 38.1. The molecule has 3 N–H and O–H groups in total. The number of nitrogens with zero attached hydrogens (tertiary/aromatic N) is 2. The maximum absolute atomic E-state index is 12.7. The number of thiazole rings is 1. The van der Waals surface area contributed by atoms with E-state index < -0.39 is 36.4 Å². The Labute approximate surface area is 155 Å². The van der Waals surface area contributed by atoms with E-state index in [2.05, 4.69) is 20.3 Å². The average Bonchev–Trinajstić information content (AvgIpc) is 3.13. The van der Waals surface area contributed by atoms with Gasteiger partial charge in [-0.3, -0.25) is 4.79 Å². The molecule has 0 saturated heterocycles. The highest BCUT2D eigenvalue weighted by molar-refractivity contribution is 7.16. The predicted octanol–water partition coefficient (Wildman–Crippen LogP) is 3.64. The van der Waals surface area contributed by atoms with Gasteiger partial charge in [0, 0.05) is 34.1 Å². The number of carbonyl (C=O) groups is 1. The molecule has 0 aliphatic heterocycles. The number of H-pyrrole nitrogens is 1. The van der Waals surface area contributed by atoms with Crippen LogP contribution in [0, 0.1) is 12.8 Å². The van der Waals surface area contributed by atoms with Crippen LogP contribution >= 0.6 is 11.3 Å². The molecule has 1 fully saturated rings. The monoisotopic (exact) mass is 396 g/mol. The number of rotatable bonds is 3. The molecular formula is C17H15F3N4O2S. The minimum absolute atomic E-state index is 0.313. The van der Waals surface area contributed by atoms with Gasteiger partial charge in [-0.05, 0) is 31.9 Å². The molecule has 27 heavy (non-hydrogen) atoms. The summed E-state index contributed by atoms with van der Waals surface area (Å²) in [6.45, 7) is 1.85. The second-order valence-corrected chi connectivity index (χ2v) is 7.85. The molecule has 1 aliphatic rings. The normalized spacial score (nSPS) is 22.6. The van der Waals surface area contributed by atoms with Crippen LogP contribution in [0.1, 0.15) is 17.7 Å². The predicted molar refractivity (Wildman–Crippen MR) is 94.3 cm³/mol. The lowest BCUT2D eigenvalue weighted by Gasteiger charge is -2.43. The van der Waals surface area contributed by atoms with E-state index in [-0.39, 0.29) is 0 Å². The van der Waals surface area contributed by atoms with Crippen molar-refractivity contribution in [2.75, 3.05) is 5.32 Å². The van der Waals surface area contributed by atoms with E-state index >= 15 is 0 Å². The number of halogens is 3. The van der Waals surface area contributed by atoms with Crippen molar-refractivity contribution >= 4 is 33.4 Å². The van der Waals surface area contributed by atoms with E-state index in [1.165, 1.54) is 11.3 Å². The highest BCUT2D eigenvalue weighted by Gasteiger charge is 2.62.